The first-order chi connectivity index (χ1) is 24.0. The van der Waals surface area contributed by atoms with Crippen molar-refractivity contribution in [2.75, 3.05) is 4.90 Å². The van der Waals surface area contributed by atoms with E-state index in [1.54, 1.807) is 0 Å². The third kappa shape index (κ3) is 4.23. The van der Waals surface area contributed by atoms with Gasteiger partial charge in [0.2, 0.25) is 0 Å². The quantitative estimate of drug-likeness (QED) is 0.182. The minimum atomic E-state index is -0.144. The maximum absolute atomic E-state index is 6.89. The van der Waals surface area contributed by atoms with E-state index in [9.17, 15) is 0 Å². The number of hydrogen-bond donors (Lipinski definition) is 0. The van der Waals surface area contributed by atoms with E-state index in [0.717, 1.165) is 45.1 Å². The Balaban J connectivity index is 1.19. The first kappa shape index (κ1) is 28.1. The fourth-order valence-electron chi connectivity index (χ4n) is 8.19. The van der Waals surface area contributed by atoms with Gasteiger partial charge in [-0.25, -0.2) is 0 Å². The Kier molecular flexibility index (Phi) is 6.01. The lowest BCUT2D eigenvalue weighted by molar-refractivity contribution is 0.465. The maximum Gasteiger partial charge on any atom is 0.260 e. The molecule has 49 heavy (non-hydrogen) atoms. The standard InChI is InChI=1S/C45H32BNO2/c1-45(2)34-17-9-11-19-38(34)47(39-20-12-10-18-35(39)45)33-27-42-44-43(28-33)49-41-24-22-32(30-15-7-4-8-16-30)26-37(41)46(44)36-25-31(21-23-40(36)48-42)29-13-5-3-6-14-29/h3-28H,1-2H3. The van der Waals surface area contributed by atoms with Crippen LogP contribution in [0, 0.1) is 0 Å². The second-order valence-corrected chi connectivity index (χ2v) is 13.7. The predicted octanol–water partition coefficient (Wildman–Crippen LogP) is 9.86. The highest BCUT2D eigenvalue weighted by atomic mass is 16.5. The van der Waals surface area contributed by atoms with Crippen molar-refractivity contribution in [3.63, 3.8) is 0 Å². The van der Waals surface area contributed by atoms with E-state index in [1.165, 1.54) is 44.8 Å². The van der Waals surface area contributed by atoms with Gasteiger partial charge in [-0.05, 0) is 68.6 Å². The number of nitrogens with zero attached hydrogens (tertiary/aromatic N) is 1. The predicted molar refractivity (Wildman–Crippen MR) is 202 cm³/mol. The molecule has 0 unspecified atom stereocenters. The average molecular weight is 630 g/mol. The van der Waals surface area contributed by atoms with Gasteiger partial charge in [-0.1, -0.05) is 135 Å². The van der Waals surface area contributed by atoms with E-state index >= 15 is 0 Å². The summed E-state index contributed by atoms with van der Waals surface area (Å²) in [5, 5.41) is 0. The number of anilines is 3. The molecule has 0 radical (unpaired) electrons. The van der Waals surface area contributed by atoms with Gasteiger partial charge in [0.05, 0.1) is 17.1 Å². The molecule has 0 bridgehead atoms. The minimum Gasteiger partial charge on any atom is -0.458 e. The van der Waals surface area contributed by atoms with Gasteiger partial charge in [-0.15, -0.1) is 0 Å². The fourth-order valence-corrected chi connectivity index (χ4v) is 8.19. The van der Waals surface area contributed by atoms with E-state index in [1.807, 2.05) is 0 Å². The largest absolute Gasteiger partial charge is 0.458 e. The third-order valence-electron chi connectivity index (χ3n) is 10.6. The molecule has 0 amide bonds. The van der Waals surface area contributed by atoms with Crippen molar-refractivity contribution in [1.82, 2.24) is 0 Å². The van der Waals surface area contributed by atoms with Gasteiger partial charge < -0.3 is 14.4 Å². The average Bonchev–Trinajstić information content (AvgIpc) is 3.15. The number of para-hydroxylation sites is 2. The van der Waals surface area contributed by atoms with Crippen molar-refractivity contribution in [3.05, 3.63) is 169 Å². The summed E-state index contributed by atoms with van der Waals surface area (Å²) in [4.78, 5) is 2.37. The van der Waals surface area contributed by atoms with Gasteiger partial charge in [0.15, 0.2) is 0 Å². The Morgan fingerprint density at radius 1 is 0.449 bits per heavy atom. The molecule has 0 saturated heterocycles. The topological polar surface area (TPSA) is 21.7 Å². The van der Waals surface area contributed by atoms with Gasteiger partial charge in [-0.3, -0.25) is 0 Å². The summed E-state index contributed by atoms with van der Waals surface area (Å²) < 4.78 is 13.8. The first-order valence-electron chi connectivity index (χ1n) is 17.0. The second kappa shape index (κ2) is 10.5. The van der Waals surface area contributed by atoms with Crippen LogP contribution < -0.4 is 30.8 Å². The molecule has 0 fully saturated rings. The number of benzene rings is 7. The summed E-state index contributed by atoms with van der Waals surface area (Å²) in [6, 6.07) is 56.3. The van der Waals surface area contributed by atoms with Crippen LogP contribution >= 0.6 is 0 Å². The molecule has 0 aromatic heterocycles. The lowest BCUT2D eigenvalue weighted by Crippen LogP contribution is -2.57. The molecule has 0 spiro atoms. The van der Waals surface area contributed by atoms with E-state index in [2.05, 4.69) is 176 Å². The van der Waals surface area contributed by atoms with E-state index < -0.39 is 0 Å². The van der Waals surface area contributed by atoms with Crippen LogP contribution in [0.2, 0.25) is 0 Å². The maximum atomic E-state index is 6.89. The molecule has 7 aromatic rings. The molecule has 232 valence electrons. The molecule has 0 aliphatic carbocycles. The van der Waals surface area contributed by atoms with E-state index in [-0.39, 0.29) is 12.1 Å². The molecule has 3 heterocycles. The first-order valence-corrected chi connectivity index (χ1v) is 17.0. The van der Waals surface area contributed by atoms with Gasteiger partial charge in [0, 0.05) is 23.0 Å². The van der Waals surface area contributed by atoms with Crippen LogP contribution in [0.25, 0.3) is 22.3 Å². The molecule has 0 saturated carbocycles. The highest BCUT2D eigenvalue weighted by Crippen LogP contribution is 2.53. The molecule has 10 rings (SSSR count). The van der Waals surface area contributed by atoms with Crippen LogP contribution in [0.5, 0.6) is 23.0 Å². The summed E-state index contributed by atoms with van der Waals surface area (Å²) in [6.45, 7) is 4.58. The third-order valence-corrected chi connectivity index (χ3v) is 10.6. The molecule has 3 aliphatic rings. The zero-order chi connectivity index (χ0) is 32.7. The van der Waals surface area contributed by atoms with Crippen molar-refractivity contribution >= 4 is 40.2 Å². The summed E-state index contributed by atoms with van der Waals surface area (Å²) in [5.74, 6) is 3.40. The van der Waals surface area contributed by atoms with Gasteiger partial charge >= 0.3 is 0 Å². The summed E-state index contributed by atoms with van der Waals surface area (Å²) in [6.07, 6.45) is 0. The van der Waals surface area contributed by atoms with Gasteiger partial charge in [0.25, 0.3) is 6.71 Å². The lowest BCUT2D eigenvalue weighted by Gasteiger charge is -2.42. The normalized spacial score (nSPS) is 14.3. The van der Waals surface area contributed by atoms with Crippen molar-refractivity contribution in [2.45, 2.75) is 19.3 Å². The van der Waals surface area contributed by atoms with Crippen LogP contribution in [0.1, 0.15) is 25.0 Å². The van der Waals surface area contributed by atoms with Crippen LogP contribution in [-0.2, 0) is 5.41 Å². The van der Waals surface area contributed by atoms with Crippen LogP contribution in [0.15, 0.2) is 158 Å². The number of hydrogen-bond acceptors (Lipinski definition) is 3. The Morgan fingerprint density at radius 2 is 0.898 bits per heavy atom. The minimum absolute atomic E-state index is 0.0567. The Bertz CT molecular complexity index is 2270. The highest BCUT2D eigenvalue weighted by molar-refractivity contribution is 6.98. The fraction of sp³-hybridized carbons (Fsp3) is 0.0667. The monoisotopic (exact) mass is 629 g/mol. The number of fused-ring (bicyclic) bond motifs is 6. The molecular formula is C45H32BNO2. The van der Waals surface area contributed by atoms with Crippen LogP contribution in [-0.4, -0.2) is 6.71 Å². The SMILES string of the molecule is CC1(C)c2ccccc2N(c2cc3c4c(c2)Oc2ccc(-c5ccccc5)cc2B4c2cc(-c4ccccc4)ccc2O3)c2ccccc21. The Labute approximate surface area is 287 Å². The second-order valence-electron chi connectivity index (χ2n) is 13.7. The smallest absolute Gasteiger partial charge is 0.260 e. The van der Waals surface area contributed by atoms with E-state index in [0.29, 0.717) is 0 Å². The van der Waals surface area contributed by atoms with Gasteiger partial charge in [-0.2, -0.15) is 0 Å². The molecule has 7 aromatic carbocycles. The Hall–Kier alpha value is -6.00. The van der Waals surface area contributed by atoms with Crippen LogP contribution in [0.4, 0.5) is 17.1 Å². The van der Waals surface area contributed by atoms with Crippen molar-refractivity contribution in [2.24, 2.45) is 0 Å². The summed E-state index contributed by atoms with van der Waals surface area (Å²) in [5.41, 5.74) is 13.8. The van der Waals surface area contributed by atoms with E-state index in [4.69, 9.17) is 9.47 Å². The molecule has 0 N–H and O–H groups in total. The summed E-state index contributed by atoms with van der Waals surface area (Å²) >= 11 is 0. The Morgan fingerprint density at radius 3 is 1.39 bits per heavy atom. The molecular weight excluding hydrogens is 597 g/mol. The lowest BCUT2D eigenvalue weighted by atomic mass is 9.34. The van der Waals surface area contributed by atoms with Crippen LogP contribution in [0.3, 0.4) is 0 Å². The zero-order valence-electron chi connectivity index (χ0n) is 27.4. The number of ether oxygens (including phenoxy) is 2. The molecule has 4 heteroatoms. The highest BCUT2D eigenvalue weighted by Gasteiger charge is 2.42. The van der Waals surface area contributed by atoms with Crippen molar-refractivity contribution < 1.29 is 9.47 Å². The molecule has 0 atom stereocenters. The van der Waals surface area contributed by atoms with Crippen molar-refractivity contribution in [3.8, 4) is 45.3 Å². The molecule has 3 nitrogen and oxygen atoms in total. The molecule has 3 aliphatic heterocycles. The van der Waals surface area contributed by atoms with Gasteiger partial charge in [0.1, 0.15) is 23.0 Å². The zero-order valence-corrected chi connectivity index (χ0v) is 27.4. The van der Waals surface area contributed by atoms with Crippen molar-refractivity contribution in [1.29, 1.82) is 0 Å². The summed E-state index contributed by atoms with van der Waals surface area (Å²) in [7, 11) is 0. The number of rotatable bonds is 3.